The Hall–Kier alpha value is -1.64. The SMILES string of the molecule is CC(C)(C)OC(=O)NCc1cnccc1B(O)OC(C)(C)C(C)(C)O. The van der Waals surface area contributed by atoms with Gasteiger partial charge in [0.15, 0.2) is 0 Å². The molecule has 3 N–H and O–H groups in total. The summed E-state index contributed by atoms with van der Waals surface area (Å²) in [5, 5.41) is 23.2. The molecule has 0 spiro atoms. The molecule has 1 heterocycles. The molecule has 1 rings (SSSR count). The number of nitrogens with zero attached hydrogens (tertiary/aromatic N) is 1. The number of hydrogen-bond acceptors (Lipinski definition) is 6. The molecule has 0 unspecified atom stereocenters. The molecular formula is C17H29BN2O5. The van der Waals surface area contributed by atoms with Gasteiger partial charge in [-0.2, -0.15) is 0 Å². The predicted octanol–water partition coefficient (Wildman–Crippen LogP) is 1.36. The zero-order valence-electron chi connectivity index (χ0n) is 16.1. The molecule has 140 valence electrons. The van der Waals surface area contributed by atoms with E-state index in [0.717, 1.165) is 0 Å². The molecule has 0 fully saturated rings. The van der Waals surface area contributed by atoms with E-state index in [1.807, 2.05) is 0 Å². The number of aliphatic hydroxyl groups is 1. The van der Waals surface area contributed by atoms with E-state index in [1.54, 1.807) is 54.5 Å². The first-order valence-corrected chi connectivity index (χ1v) is 8.21. The molecule has 0 aliphatic carbocycles. The van der Waals surface area contributed by atoms with Crippen molar-refractivity contribution in [3.8, 4) is 0 Å². The number of nitrogens with one attached hydrogen (secondary N) is 1. The number of carbonyl (C=O) groups is 1. The third-order valence-corrected chi connectivity index (χ3v) is 3.91. The lowest BCUT2D eigenvalue weighted by Gasteiger charge is -2.38. The number of rotatable bonds is 6. The van der Waals surface area contributed by atoms with Crippen molar-refractivity contribution in [2.45, 2.75) is 71.8 Å². The van der Waals surface area contributed by atoms with Gasteiger partial charge in [0.1, 0.15) is 5.60 Å². The van der Waals surface area contributed by atoms with Crippen LogP contribution in [-0.2, 0) is 15.9 Å². The van der Waals surface area contributed by atoms with Gasteiger partial charge in [-0.3, -0.25) is 4.98 Å². The molecule has 0 saturated heterocycles. The van der Waals surface area contributed by atoms with Crippen molar-refractivity contribution >= 4 is 18.7 Å². The molecule has 0 aromatic carbocycles. The highest BCUT2D eigenvalue weighted by Crippen LogP contribution is 2.25. The normalized spacial score (nSPS) is 12.7. The Bertz CT molecular complexity index is 593. The number of carbonyl (C=O) groups excluding carboxylic acids is 1. The monoisotopic (exact) mass is 352 g/mol. The lowest BCUT2D eigenvalue weighted by atomic mass is 9.74. The third-order valence-electron chi connectivity index (χ3n) is 3.91. The molecule has 0 aliphatic heterocycles. The van der Waals surface area contributed by atoms with Crippen molar-refractivity contribution in [2.75, 3.05) is 0 Å². The average Bonchev–Trinajstić information content (AvgIpc) is 2.42. The van der Waals surface area contributed by atoms with Gasteiger partial charge in [-0.25, -0.2) is 4.79 Å². The zero-order valence-corrected chi connectivity index (χ0v) is 16.1. The van der Waals surface area contributed by atoms with E-state index in [2.05, 4.69) is 10.3 Å². The summed E-state index contributed by atoms with van der Waals surface area (Å²) in [5.74, 6) is 0. The summed E-state index contributed by atoms with van der Waals surface area (Å²) >= 11 is 0. The summed E-state index contributed by atoms with van der Waals surface area (Å²) < 4.78 is 10.8. The Morgan fingerprint density at radius 2 is 1.84 bits per heavy atom. The fourth-order valence-electron chi connectivity index (χ4n) is 1.79. The first-order chi connectivity index (χ1) is 11.2. The van der Waals surface area contributed by atoms with Crippen LogP contribution >= 0.6 is 0 Å². The number of ether oxygens (including phenoxy) is 1. The van der Waals surface area contributed by atoms with Gasteiger partial charge in [0, 0.05) is 18.9 Å². The molecule has 1 amide bonds. The van der Waals surface area contributed by atoms with Crippen molar-refractivity contribution in [2.24, 2.45) is 0 Å². The summed E-state index contributed by atoms with van der Waals surface area (Å²) in [5.41, 5.74) is -1.70. The average molecular weight is 352 g/mol. The lowest BCUT2D eigenvalue weighted by molar-refractivity contribution is -0.0982. The molecule has 1 aromatic heterocycles. The van der Waals surface area contributed by atoms with E-state index in [9.17, 15) is 14.9 Å². The van der Waals surface area contributed by atoms with Gasteiger partial charge in [0.25, 0.3) is 0 Å². The van der Waals surface area contributed by atoms with Crippen LogP contribution in [0.4, 0.5) is 4.79 Å². The summed E-state index contributed by atoms with van der Waals surface area (Å²) in [7, 11) is -1.28. The fourth-order valence-corrected chi connectivity index (χ4v) is 1.79. The van der Waals surface area contributed by atoms with Crippen LogP contribution in [0.5, 0.6) is 0 Å². The van der Waals surface area contributed by atoms with Crippen LogP contribution in [0.2, 0.25) is 0 Å². The Balaban J connectivity index is 2.84. The number of alkyl carbamates (subject to hydrolysis) is 1. The third kappa shape index (κ3) is 6.64. The lowest BCUT2D eigenvalue weighted by Crippen LogP contribution is -2.53. The Morgan fingerprint density at radius 3 is 2.36 bits per heavy atom. The maximum absolute atomic E-state index is 11.8. The second kappa shape index (κ2) is 7.72. The molecule has 0 radical (unpaired) electrons. The molecular weight excluding hydrogens is 323 g/mol. The Kier molecular flexibility index (Phi) is 6.61. The standard InChI is InChI=1S/C17H29BN2O5/c1-15(2,3)24-14(21)20-11-12-10-19-9-8-13(12)18(23)25-17(6,7)16(4,5)22/h8-10,22-23H,11H2,1-7H3,(H,20,21). The van der Waals surface area contributed by atoms with Gasteiger partial charge in [-0.05, 0) is 65.6 Å². The number of pyridine rings is 1. The van der Waals surface area contributed by atoms with E-state index in [4.69, 9.17) is 9.39 Å². The molecule has 1 aromatic rings. The highest BCUT2D eigenvalue weighted by atomic mass is 16.6. The van der Waals surface area contributed by atoms with E-state index in [0.29, 0.717) is 11.0 Å². The van der Waals surface area contributed by atoms with Crippen LogP contribution in [0, 0.1) is 0 Å². The molecule has 8 heteroatoms. The van der Waals surface area contributed by atoms with E-state index in [1.165, 1.54) is 12.4 Å². The molecule has 7 nitrogen and oxygen atoms in total. The maximum atomic E-state index is 11.8. The number of hydrogen-bond donors (Lipinski definition) is 3. The van der Waals surface area contributed by atoms with Crippen LogP contribution in [0.15, 0.2) is 18.5 Å². The van der Waals surface area contributed by atoms with E-state index < -0.39 is 30.0 Å². The van der Waals surface area contributed by atoms with Crippen LogP contribution in [0.1, 0.15) is 54.0 Å². The van der Waals surface area contributed by atoms with Gasteiger partial charge >= 0.3 is 13.2 Å². The van der Waals surface area contributed by atoms with Gasteiger partial charge in [0.2, 0.25) is 0 Å². The largest absolute Gasteiger partial charge is 0.492 e. The van der Waals surface area contributed by atoms with Gasteiger partial charge in [-0.15, -0.1) is 0 Å². The van der Waals surface area contributed by atoms with Gasteiger partial charge in [0.05, 0.1) is 11.2 Å². The van der Waals surface area contributed by atoms with Crippen LogP contribution < -0.4 is 10.8 Å². The first kappa shape index (κ1) is 21.4. The molecule has 0 saturated carbocycles. The zero-order chi connectivity index (χ0) is 19.5. The summed E-state index contributed by atoms with van der Waals surface area (Å²) in [6.45, 7) is 12.1. The maximum Gasteiger partial charge on any atom is 0.492 e. The quantitative estimate of drug-likeness (QED) is 0.669. The van der Waals surface area contributed by atoms with Gasteiger partial charge in [-0.1, -0.05) is 0 Å². The van der Waals surface area contributed by atoms with Crippen molar-refractivity contribution in [1.82, 2.24) is 10.3 Å². The Morgan fingerprint density at radius 1 is 1.24 bits per heavy atom. The van der Waals surface area contributed by atoms with E-state index >= 15 is 0 Å². The first-order valence-electron chi connectivity index (χ1n) is 8.21. The van der Waals surface area contributed by atoms with Crippen molar-refractivity contribution < 1.29 is 24.3 Å². The smallest absolute Gasteiger partial charge is 0.444 e. The fraction of sp³-hybridized carbons (Fsp3) is 0.647. The second-order valence-electron chi connectivity index (χ2n) is 7.97. The number of aromatic nitrogens is 1. The van der Waals surface area contributed by atoms with Gasteiger partial charge < -0.3 is 24.8 Å². The minimum absolute atomic E-state index is 0.126. The van der Waals surface area contributed by atoms with Crippen LogP contribution in [0.3, 0.4) is 0 Å². The topological polar surface area (TPSA) is 101 Å². The second-order valence-corrected chi connectivity index (χ2v) is 7.97. The molecule has 0 bridgehead atoms. The van der Waals surface area contributed by atoms with Crippen LogP contribution in [-0.4, -0.2) is 45.1 Å². The van der Waals surface area contributed by atoms with Crippen molar-refractivity contribution in [3.05, 3.63) is 24.0 Å². The number of amides is 1. The summed E-state index contributed by atoms with van der Waals surface area (Å²) in [6.07, 6.45) is 2.50. The predicted molar refractivity (Wildman–Crippen MR) is 96.4 cm³/mol. The molecule has 25 heavy (non-hydrogen) atoms. The van der Waals surface area contributed by atoms with Crippen LogP contribution in [0.25, 0.3) is 0 Å². The molecule has 0 atom stereocenters. The van der Waals surface area contributed by atoms with Crippen molar-refractivity contribution in [3.63, 3.8) is 0 Å². The highest BCUT2D eigenvalue weighted by molar-refractivity contribution is 6.60. The van der Waals surface area contributed by atoms with E-state index in [-0.39, 0.29) is 6.54 Å². The summed E-state index contributed by atoms with van der Waals surface area (Å²) in [6, 6.07) is 1.61. The summed E-state index contributed by atoms with van der Waals surface area (Å²) in [4.78, 5) is 15.8. The molecule has 0 aliphatic rings. The Labute approximate surface area is 149 Å². The highest BCUT2D eigenvalue weighted by Gasteiger charge is 2.40. The van der Waals surface area contributed by atoms with Crippen molar-refractivity contribution in [1.29, 1.82) is 0 Å². The minimum atomic E-state index is -1.28. The minimum Gasteiger partial charge on any atom is -0.444 e.